The predicted molar refractivity (Wildman–Crippen MR) is 54.2 cm³/mol. The van der Waals surface area contributed by atoms with Crippen molar-refractivity contribution >= 4 is 17.8 Å². The summed E-state index contributed by atoms with van der Waals surface area (Å²) in [4.78, 5) is 36.7. The van der Waals surface area contributed by atoms with Gasteiger partial charge in [0.1, 0.15) is 0 Å². The Morgan fingerprint density at radius 1 is 1.25 bits per heavy atom. The lowest BCUT2D eigenvalue weighted by Crippen LogP contribution is -2.42. The van der Waals surface area contributed by atoms with Crippen LogP contribution in [0.2, 0.25) is 0 Å². The summed E-state index contributed by atoms with van der Waals surface area (Å²) in [5, 5.41) is 10.6. The van der Waals surface area contributed by atoms with E-state index < -0.39 is 23.9 Å². The molecule has 0 spiro atoms. The van der Waals surface area contributed by atoms with Crippen molar-refractivity contribution in [3.05, 3.63) is 0 Å². The van der Waals surface area contributed by atoms with Crippen LogP contribution in [0, 0.1) is 5.41 Å². The molecule has 7 heteroatoms. The van der Waals surface area contributed by atoms with Gasteiger partial charge in [0.2, 0.25) is 5.91 Å². The molecule has 0 heterocycles. The van der Waals surface area contributed by atoms with Crippen LogP contribution in [0.15, 0.2) is 0 Å². The normalized spacial score (nSPS) is 10.7. The van der Waals surface area contributed by atoms with Gasteiger partial charge in [0, 0.05) is 5.41 Å². The molecule has 0 aliphatic heterocycles. The van der Waals surface area contributed by atoms with Gasteiger partial charge in [-0.3, -0.25) is 14.4 Å². The van der Waals surface area contributed by atoms with Crippen LogP contribution in [0.3, 0.4) is 0 Å². The maximum absolute atomic E-state index is 11.3. The molecule has 7 nitrogen and oxygen atoms in total. The quantitative estimate of drug-likeness (QED) is 0.543. The highest BCUT2D eigenvalue weighted by atomic mass is 16.7. The molecule has 0 aromatic carbocycles. The second-order valence-corrected chi connectivity index (χ2v) is 4.14. The van der Waals surface area contributed by atoms with Crippen molar-refractivity contribution in [2.75, 3.05) is 13.2 Å². The van der Waals surface area contributed by atoms with E-state index in [-0.39, 0.29) is 12.5 Å². The van der Waals surface area contributed by atoms with Gasteiger partial charge in [0.25, 0.3) is 5.91 Å². The maximum Gasteiger partial charge on any atom is 0.332 e. The fourth-order valence-corrected chi connectivity index (χ4v) is 0.640. The lowest BCUT2D eigenvalue weighted by Gasteiger charge is -2.17. The Morgan fingerprint density at radius 2 is 1.81 bits per heavy atom. The average molecular weight is 232 g/mol. The van der Waals surface area contributed by atoms with Crippen LogP contribution >= 0.6 is 0 Å². The molecule has 0 radical (unpaired) electrons. The van der Waals surface area contributed by atoms with Crippen LogP contribution in [0.4, 0.5) is 0 Å². The number of carboxylic acid groups (broad SMARTS) is 1. The largest absolute Gasteiger partial charge is 0.479 e. The summed E-state index contributed by atoms with van der Waals surface area (Å²) in [6.07, 6.45) is 0. The third kappa shape index (κ3) is 6.77. The van der Waals surface area contributed by atoms with Crippen LogP contribution in [0.5, 0.6) is 0 Å². The number of carboxylic acids is 1. The lowest BCUT2D eigenvalue weighted by molar-refractivity contribution is -0.149. The van der Waals surface area contributed by atoms with E-state index in [1.165, 1.54) is 0 Å². The van der Waals surface area contributed by atoms with Crippen LogP contribution in [0.25, 0.3) is 0 Å². The number of carbonyl (C=O) groups excluding carboxylic acids is 2. The van der Waals surface area contributed by atoms with Crippen LogP contribution in [-0.4, -0.2) is 36.0 Å². The van der Waals surface area contributed by atoms with Crippen molar-refractivity contribution in [3.63, 3.8) is 0 Å². The topological polar surface area (TPSA) is 105 Å². The Balaban J connectivity index is 3.74. The number of hydrogen-bond acceptors (Lipinski definition) is 4. The average Bonchev–Trinajstić information content (AvgIpc) is 2.11. The summed E-state index contributed by atoms with van der Waals surface area (Å²) in [7, 11) is 0. The zero-order valence-electron chi connectivity index (χ0n) is 9.49. The molecular weight excluding hydrogens is 216 g/mol. The Labute approximate surface area is 93.1 Å². The van der Waals surface area contributed by atoms with Crippen LogP contribution in [-0.2, 0) is 19.2 Å². The van der Waals surface area contributed by atoms with Gasteiger partial charge in [0.15, 0.2) is 6.61 Å². The van der Waals surface area contributed by atoms with Gasteiger partial charge in [-0.05, 0) is 0 Å². The van der Waals surface area contributed by atoms with Gasteiger partial charge in [-0.15, -0.1) is 0 Å². The first-order valence-electron chi connectivity index (χ1n) is 4.64. The molecule has 16 heavy (non-hydrogen) atoms. The Bertz CT molecular complexity index is 282. The predicted octanol–water partition coefficient (Wildman–Crippen LogP) is -0.719. The van der Waals surface area contributed by atoms with E-state index >= 15 is 0 Å². The van der Waals surface area contributed by atoms with Crippen molar-refractivity contribution in [3.8, 4) is 0 Å². The number of rotatable bonds is 5. The number of hydroxylamine groups is 1. The minimum absolute atomic E-state index is 0.254. The Morgan fingerprint density at radius 3 is 2.25 bits per heavy atom. The monoisotopic (exact) mass is 232 g/mol. The van der Waals surface area contributed by atoms with E-state index in [1.807, 2.05) is 5.48 Å². The number of aliphatic carboxylic acids is 1. The molecule has 3 N–H and O–H groups in total. The lowest BCUT2D eigenvalue weighted by atomic mass is 9.96. The van der Waals surface area contributed by atoms with Gasteiger partial charge < -0.3 is 10.4 Å². The first-order valence-corrected chi connectivity index (χ1v) is 4.64. The molecule has 2 amide bonds. The Hall–Kier alpha value is -1.63. The van der Waals surface area contributed by atoms with Crippen LogP contribution < -0.4 is 10.8 Å². The molecule has 0 aromatic rings. The fourth-order valence-electron chi connectivity index (χ4n) is 0.640. The number of carbonyl (C=O) groups is 3. The summed E-state index contributed by atoms with van der Waals surface area (Å²) in [6, 6.07) is 0. The molecule has 0 aliphatic carbocycles. The molecule has 0 bridgehead atoms. The smallest absolute Gasteiger partial charge is 0.332 e. The number of nitrogens with one attached hydrogen (secondary N) is 2. The summed E-state index contributed by atoms with van der Waals surface area (Å²) < 4.78 is 0. The zero-order chi connectivity index (χ0) is 12.8. The highest BCUT2D eigenvalue weighted by Gasteiger charge is 2.21. The molecule has 0 aromatic heterocycles. The summed E-state index contributed by atoms with van der Waals surface area (Å²) in [5.41, 5.74) is 1.31. The third-order valence-electron chi connectivity index (χ3n) is 1.47. The van der Waals surface area contributed by atoms with Crippen molar-refractivity contribution in [1.82, 2.24) is 10.8 Å². The SMILES string of the molecule is CC(C)(C)C(=O)NCC(=O)NOCC(=O)O. The second kappa shape index (κ2) is 6.06. The minimum atomic E-state index is -1.20. The van der Waals surface area contributed by atoms with Gasteiger partial charge in [-0.2, -0.15) is 0 Å². The zero-order valence-corrected chi connectivity index (χ0v) is 9.49. The molecule has 0 atom stereocenters. The first-order chi connectivity index (χ1) is 7.23. The molecule has 0 unspecified atom stereocenters. The highest BCUT2D eigenvalue weighted by molar-refractivity contribution is 5.86. The second-order valence-electron chi connectivity index (χ2n) is 4.14. The minimum Gasteiger partial charge on any atom is -0.479 e. The summed E-state index contributed by atoms with van der Waals surface area (Å²) in [5.74, 6) is -2.08. The molecule has 0 saturated heterocycles. The van der Waals surface area contributed by atoms with E-state index in [2.05, 4.69) is 10.2 Å². The van der Waals surface area contributed by atoms with E-state index in [0.717, 1.165) is 0 Å². The van der Waals surface area contributed by atoms with Crippen molar-refractivity contribution in [2.45, 2.75) is 20.8 Å². The molecule has 0 aliphatic rings. The summed E-state index contributed by atoms with van der Waals surface area (Å²) >= 11 is 0. The Kier molecular flexibility index (Phi) is 5.44. The van der Waals surface area contributed by atoms with Gasteiger partial charge >= 0.3 is 5.97 Å². The fraction of sp³-hybridized carbons (Fsp3) is 0.667. The van der Waals surface area contributed by atoms with Gasteiger partial charge in [0.05, 0.1) is 6.54 Å². The third-order valence-corrected chi connectivity index (χ3v) is 1.47. The number of hydrogen-bond donors (Lipinski definition) is 3. The van der Waals surface area contributed by atoms with E-state index in [9.17, 15) is 14.4 Å². The first kappa shape index (κ1) is 14.4. The van der Waals surface area contributed by atoms with E-state index in [1.54, 1.807) is 20.8 Å². The molecular formula is C9H16N2O5. The van der Waals surface area contributed by atoms with Gasteiger partial charge in [-0.25, -0.2) is 10.3 Å². The molecule has 92 valence electrons. The number of amides is 2. The molecule has 0 saturated carbocycles. The maximum atomic E-state index is 11.3. The van der Waals surface area contributed by atoms with E-state index in [0.29, 0.717) is 0 Å². The molecule has 0 rings (SSSR count). The molecule has 0 fully saturated rings. The van der Waals surface area contributed by atoms with E-state index in [4.69, 9.17) is 5.11 Å². The highest BCUT2D eigenvalue weighted by Crippen LogP contribution is 2.11. The van der Waals surface area contributed by atoms with Gasteiger partial charge in [-0.1, -0.05) is 20.8 Å². The summed E-state index contributed by atoms with van der Waals surface area (Å²) in [6.45, 7) is 4.25. The van der Waals surface area contributed by atoms with Crippen molar-refractivity contribution in [2.24, 2.45) is 5.41 Å². The van der Waals surface area contributed by atoms with Crippen molar-refractivity contribution in [1.29, 1.82) is 0 Å². The van der Waals surface area contributed by atoms with Crippen molar-refractivity contribution < 1.29 is 24.3 Å². The standard InChI is InChI=1S/C9H16N2O5/c1-9(2,3)8(15)10-4-6(12)11-16-5-7(13)14/h4-5H2,1-3H3,(H,10,15)(H,11,12)(H,13,14). The van der Waals surface area contributed by atoms with Crippen LogP contribution in [0.1, 0.15) is 20.8 Å².